The first-order valence-corrected chi connectivity index (χ1v) is 14.3. The molecule has 1 N–H and O–H groups in total. The Kier molecular flexibility index (Phi) is 17.3. The number of Topliss-reactive ketones (excluding diaryl/α,β-unsaturated/α-hetero) is 2. The number of ketones is 2. The minimum absolute atomic E-state index is 0.00115. The predicted molar refractivity (Wildman–Crippen MR) is 138 cm³/mol. The highest BCUT2D eigenvalue weighted by atomic mass is 32.2. The van der Waals surface area contributed by atoms with Gasteiger partial charge in [0, 0.05) is 31.4 Å². The second-order valence-corrected chi connectivity index (χ2v) is 13.1. The van der Waals surface area contributed by atoms with Crippen LogP contribution in [0.1, 0.15) is 60.8 Å². The third kappa shape index (κ3) is 21.8. The van der Waals surface area contributed by atoms with Crippen molar-refractivity contribution >= 4 is 27.3 Å². The first kappa shape index (κ1) is 34.6. The van der Waals surface area contributed by atoms with Gasteiger partial charge in [0.15, 0.2) is 21.4 Å². The van der Waals surface area contributed by atoms with Gasteiger partial charge >= 0.3 is 0 Å². The molecule has 11 heteroatoms. The van der Waals surface area contributed by atoms with E-state index in [4.69, 9.17) is 18.9 Å². The van der Waals surface area contributed by atoms with Gasteiger partial charge in [-0.3, -0.25) is 14.4 Å². The molecule has 0 saturated heterocycles. The fourth-order valence-electron chi connectivity index (χ4n) is 2.78. The van der Waals surface area contributed by atoms with Crippen LogP contribution in [0, 0.1) is 10.8 Å². The summed E-state index contributed by atoms with van der Waals surface area (Å²) in [5.74, 6) is -0.435. The smallest absolute Gasteiger partial charge is 0.221 e. The molecule has 0 aromatic heterocycles. The van der Waals surface area contributed by atoms with Crippen LogP contribution in [0.5, 0.6) is 0 Å². The van der Waals surface area contributed by atoms with E-state index in [-0.39, 0.29) is 80.4 Å². The summed E-state index contributed by atoms with van der Waals surface area (Å²) in [4.78, 5) is 35.3. The molecule has 212 valence electrons. The largest absolute Gasteiger partial charge is 0.379 e. The molecule has 0 heterocycles. The van der Waals surface area contributed by atoms with Gasteiger partial charge in [0.2, 0.25) is 5.91 Å². The minimum atomic E-state index is -3.26. The van der Waals surface area contributed by atoms with E-state index < -0.39 is 15.3 Å². The normalized spacial score (nSPS) is 12.5. The third-order valence-electron chi connectivity index (χ3n) is 4.68. The third-order valence-corrected chi connectivity index (χ3v) is 6.81. The fourth-order valence-corrected chi connectivity index (χ4v) is 4.74. The zero-order valence-corrected chi connectivity index (χ0v) is 23.8. The number of hydrogen-bond donors (Lipinski definition) is 1. The second-order valence-electron chi connectivity index (χ2n) is 10.9. The van der Waals surface area contributed by atoms with Crippen LogP contribution in [0.3, 0.4) is 0 Å². The van der Waals surface area contributed by atoms with Gasteiger partial charge in [0.25, 0.3) is 0 Å². The van der Waals surface area contributed by atoms with Gasteiger partial charge in [0.1, 0.15) is 13.2 Å². The van der Waals surface area contributed by atoms with Crippen molar-refractivity contribution in [2.75, 3.05) is 70.9 Å². The SMILES string of the molecule is CC(C)(C)CS(=O)(=O)CCC(=O)NCCOCCOCC(=O)CCCOCCOCC(=O)C(C)(C)C. The summed E-state index contributed by atoms with van der Waals surface area (Å²) in [7, 11) is -3.26. The lowest BCUT2D eigenvalue weighted by Gasteiger charge is -2.17. The molecule has 0 aliphatic carbocycles. The lowest BCUT2D eigenvalue weighted by molar-refractivity contribution is -0.131. The zero-order chi connectivity index (χ0) is 27.7. The summed E-state index contributed by atoms with van der Waals surface area (Å²) in [6.07, 6.45) is 0.861. The number of carbonyl (C=O) groups excluding carboxylic acids is 3. The Bertz CT molecular complexity index is 752. The van der Waals surface area contributed by atoms with Gasteiger partial charge < -0.3 is 24.3 Å². The van der Waals surface area contributed by atoms with Crippen LogP contribution in [-0.2, 0) is 43.2 Å². The number of amides is 1. The lowest BCUT2D eigenvalue weighted by Crippen LogP contribution is -2.30. The van der Waals surface area contributed by atoms with E-state index in [1.54, 1.807) is 0 Å². The number of nitrogens with one attached hydrogen (secondary N) is 1. The summed E-state index contributed by atoms with van der Waals surface area (Å²) < 4.78 is 45.2. The molecule has 0 radical (unpaired) electrons. The first-order valence-electron chi connectivity index (χ1n) is 12.5. The van der Waals surface area contributed by atoms with Crippen LogP contribution in [-0.4, -0.2) is 96.8 Å². The molecule has 0 unspecified atom stereocenters. The zero-order valence-electron chi connectivity index (χ0n) is 23.0. The summed E-state index contributed by atoms with van der Waals surface area (Å²) in [5.41, 5.74) is -0.747. The quantitative estimate of drug-likeness (QED) is 0.218. The van der Waals surface area contributed by atoms with Crippen molar-refractivity contribution in [2.45, 2.75) is 60.8 Å². The number of rotatable bonds is 21. The number of carbonyl (C=O) groups is 3. The average Bonchev–Trinajstić information content (AvgIpc) is 2.73. The van der Waals surface area contributed by atoms with E-state index in [2.05, 4.69) is 5.32 Å². The van der Waals surface area contributed by atoms with E-state index in [1.165, 1.54) is 0 Å². The molecular weight excluding hydrogens is 490 g/mol. The van der Waals surface area contributed by atoms with Crippen molar-refractivity contribution in [3.8, 4) is 0 Å². The van der Waals surface area contributed by atoms with E-state index in [1.807, 2.05) is 41.5 Å². The maximum Gasteiger partial charge on any atom is 0.221 e. The van der Waals surface area contributed by atoms with Crippen molar-refractivity contribution in [1.82, 2.24) is 5.32 Å². The summed E-state index contributed by atoms with van der Waals surface area (Å²) in [6.45, 7) is 13.4. The Hall–Kier alpha value is -1.40. The summed E-state index contributed by atoms with van der Waals surface area (Å²) in [5, 5.41) is 2.62. The summed E-state index contributed by atoms with van der Waals surface area (Å²) in [6, 6.07) is 0. The van der Waals surface area contributed by atoms with Gasteiger partial charge in [-0.15, -0.1) is 0 Å². The fraction of sp³-hybridized carbons (Fsp3) is 0.880. The van der Waals surface area contributed by atoms with Crippen LogP contribution in [0.2, 0.25) is 0 Å². The molecule has 0 rings (SSSR count). The van der Waals surface area contributed by atoms with E-state index in [0.717, 1.165) is 0 Å². The molecule has 0 fully saturated rings. The van der Waals surface area contributed by atoms with Crippen molar-refractivity contribution < 1.29 is 41.7 Å². The van der Waals surface area contributed by atoms with Crippen molar-refractivity contribution in [1.29, 1.82) is 0 Å². The highest BCUT2D eigenvalue weighted by Gasteiger charge is 2.22. The monoisotopic (exact) mass is 537 g/mol. The molecule has 0 aliphatic rings. The standard InChI is InChI=1S/C25H47NO9S/c1-24(2,3)20-36(30,31)17-9-23(29)26-10-12-33-14-15-34-18-21(27)8-7-11-32-13-16-35-19-22(28)25(4,5)6/h7-20H2,1-6H3,(H,26,29). The molecule has 0 spiro atoms. The Morgan fingerprint density at radius 3 is 1.86 bits per heavy atom. The molecule has 0 aromatic carbocycles. The van der Waals surface area contributed by atoms with Gasteiger partial charge in [-0.25, -0.2) is 8.42 Å². The van der Waals surface area contributed by atoms with Crippen molar-refractivity contribution in [3.63, 3.8) is 0 Å². The van der Waals surface area contributed by atoms with E-state index in [0.29, 0.717) is 32.7 Å². The number of ether oxygens (including phenoxy) is 4. The molecule has 0 aliphatic heterocycles. The topological polar surface area (TPSA) is 134 Å². The predicted octanol–water partition coefficient (Wildman–Crippen LogP) is 1.98. The Morgan fingerprint density at radius 2 is 1.28 bits per heavy atom. The first-order chi connectivity index (χ1) is 16.6. The molecule has 0 saturated carbocycles. The second kappa shape index (κ2) is 18.0. The van der Waals surface area contributed by atoms with Gasteiger partial charge in [-0.2, -0.15) is 0 Å². The molecule has 0 aromatic rings. The average molecular weight is 538 g/mol. The van der Waals surface area contributed by atoms with Crippen molar-refractivity contribution in [3.05, 3.63) is 0 Å². The van der Waals surface area contributed by atoms with Gasteiger partial charge in [-0.1, -0.05) is 41.5 Å². The molecule has 0 bridgehead atoms. The number of sulfone groups is 1. The number of hydrogen-bond acceptors (Lipinski definition) is 9. The maximum atomic E-state index is 12.0. The van der Waals surface area contributed by atoms with Crippen molar-refractivity contribution in [2.24, 2.45) is 10.8 Å². The van der Waals surface area contributed by atoms with Crippen LogP contribution in [0.15, 0.2) is 0 Å². The molecule has 10 nitrogen and oxygen atoms in total. The highest BCUT2D eigenvalue weighted by Crippen LogP contribution is 2.17. The van der Waals surface area contributed by atoms with E-state index >= 15 is 0 Å². The maximum absolute atomic E-state index is 12.0. The van der Waals surface area contributed by atoms with E-state index in [9.17, 15) is 22.8 Å². The minimum Gasteiger partial charge on any atom is -0.379 e. The highest BCUT2D eigenvalue weighted by molar-refractivity contribution is 7.91. The Morgan fingerprint density at radius 1 is 0.722 bits per heavy atom. The van der Waals surface area contributed by atoms with Crippen LogP contribution >= 0.6 is 0 Å². The molecule has 0 atom stereocenters. The van der Waals surface area contributed by atoms with Crippen LogP contribution in [0.4, 0.5) is 0 Å². The summed E-state index contributed by atoms with van der Waals surface area (Å²) >= 11 is 0. The molecular formula is C25H47NO9S. The van der Waals surface area contributed by atoms with Gasteiger partial charge in [0.05, 0.1) is 44.5 Å². The lowest BCUT2D eigenvalue weighted by atomic mass is 9.91. The van der Waals surface area contributed by atoms with Crippen LogP contribution in [0.25, 0.3) is 0 Å². The van der Waals surface area contributed by atoms with Gasteiger partial charge in [-0.05, 0) is 11.8 Å². The Labute approximate surface area is 217 Å². The van der Waals surface area contributed by atoms with Crippen LogP contribution < -0.4 is 5.32 Å². The molecule has 1 amide bonds. The molecule has 36 heavy (non-hydrogen) atoms. The Balaban J connectivity index is 3.55.